The third kappa shape index (κ3) is 3.51. The van der Waals surface area contributed by atoms with Crippen LogP contribution in [0.2, 0.25) is 0 Å². The quantitative estimate of drug-likeness (QED) is 0.552. The molecule has 3 aromatic rings. The van der Waals surface area contributed by atoms with E-state index in [0.29, 0.717) is 17.5 Å². The van der Waals surface area contributed by atoms with E-state index in [4.69, 9.17) is 4.98 Å². The monoisotopic (exact) mass is 447 g/mol. The second-order valence-corrected chi connectivity index (χ2v) is 10.0. The average molecular weight is 448 g/mol. The van der Waals surface area contributed by atoms with Gasteiger partial charge in [0.1, 0.15) is 5.82 Å². The maximum Gasteiger partial charge on any atom is 0.255 e. The van der Waals surface area contributed by atoms with Crippen LogP contribution >= 0.6 is 0 Å². The second-order valence-electron chi connectivity index (χ2n) is 10.0. The minimum absolute atomic E-state index is 0.0522. The Morgan fingerprint density at radius 1 is 1.30 bits per heavy atom. The maximum atomic E-state index is 12.8. The highest BCUT2D eigenvalue weighted by atomic mass is 16.3. The zero-order chi connectivity index (χ0) is 22.7. The lowest BCUT2D eigenvalue weighted by atomic mass is 9.62. The van der Waals surface area contributed by atoms with Crippen LogP contribution in [-0.4, -0.2) is 55.2 Å². The van der Waals surface area contributed by atoms with Gasteiger partial charge in [-0.15, -0.1) is 0 Å². The number of H-pyrrole nitrogens is 1. The minimum atomic E-state index is -0.127. The van der Waals surface area contributed by atoms with Crippen molar-refractivity contribution in [2.45, 2.75) is 58.2 Å². The number of fused-ring (bicyclic) bond motifs is 1. The second kappa shape index (κ2) is 7.41. The van der Waals surface area contributed by atoms with Crippen LogP contribution in [0.1, 0.15) is 63.9 Å². The molecule has 1 amide bonds. The Balaban J connectivity index is 1.08. The molecular formula is C24H29N7O2. The van der Waals surface area contributed by atoms with Gasteiger partial charge >= 0.3 is 0 Å². The van der Waals surface area contributed by atoms with Crippen LogP contribution in [0.25, 0.3) is 0 Å². The van der Waals surface area contributed by atoms with Crippen molar-refractivity contribution in [2.24, 2.45) is 5.41 Å². The van der Waals surface area contributed by atoms with Gasteiger partial charge in [0.05, 0.1) is 36.1 Å². The first kappa shape index (κ1) is 20.4. The molecule has 3 aliphatic rings. The first-order chi connectivity index (χ1) is 15.9. The molecular weight excluding hydrogens is 418 g/mol. The lowest BCUT2D eigenvalue weighted by molar-refractivity contribution is -0.0494. The Hall–Kier alpha value is -3.20. The first-order valence-electron chi connectivity index (χ1n) is 11.7. The van der Waals surface area contributed by atoms with E-state index < -0.39 is 0 Å². The molecule has 33 heavy (non-hydrogen) atoms. The fourth-order valence-electron chi connectivity index (χ4n) is 5.67. The van der Waals surface area contributed by atoms with Crippen molar-refractivity contribution in [1.82, 2.24) is 30.3 Å². The summed E-state index contributed by atoms with van der Waals surface area (Å²) in [6.45, 7) is 6.56. The lowest BCUT2D eigenvalue weighted by Crippen LogP contribution is -2.64. The van der Waals surface area contributed by atoms with Gasteiger partial charge in [-0.3, -0.25) is 14.6 Å². The normalized spacial score (nSPS) is 21.1. The minimum Gasteiger partial charge on any atom is -0.393 e. The van der Waals surface area contributed by atoms with Crippen LogP contribution in [0.15, 0.2) is 24.5 Å². The zero-order valence-corrected chi connectivity index (χ0v) is 19.0. The topological polar surface area (TPSA) is 112 Å². The largest absolute Gasteiger partial charge is 0.393 e. The molecule has 0 bridgehead atoms. The number of carbonyl (C=O) groups excluding carboxylic acids is 1. The van der Waals surface area contributed by atoms with Crippen molar-refractivity contribution in [3.05, 3.63) is 58.3 Å². The number of hydrogen-bond acceptors (Lipinski definition) is 6. The molecule has 1 saturated heterocycles. The molecule has 3 N–H and O–H groups in total. The number of aryl methyl sites for hydroxylation is 2. The van der Waals surface area contributed by atoms with E-state index in [1.807, 2.05) is 13.8 Å². The van der Waals surface area contributed by atoms with Crippen LogP contribution < -0.4 is 10.2 Å². The average Bonchev–Trinajstić information content (AvgIpc) is 3.45. The zero-order valence-electron chi connectivity index (χ0n) is 19.0. The number of pyridine rings is 1. The van der Waals surface area contributed by atoms with E-state index in [2.05, 4.69) is 37.6 Å². The number of nitrogens with one attached hydrogen (secondary N) is 2. The number of hydrogen-bond donors (Lipinski definition) is 3. The Bertz CT molecular complexity index is 1220. The molecule has 3 aromatic heterocycles. The van der Waals surface area contributed by atoms with Crippen molar-refractivity contribution < 1.29 is 9.90 Å². The van der Waals surface area contributed by atoms with Crippen molar-refractivity contribution in [1.29, 1.82) is 0 Å². The number of aliphatic hydroxyl groups excluding tert-OH is 1. The molecule has 4 heterocycles. The Labute approximate surface area is 192 Å². The summed E-state index contributed by atoms with van der Waals surface area (Å²) < 4.78 is 1.78. The summed E-state index contributed by atoms with van der Waals surface area (Å²) in [7, 11) is 0. The summed E-state index contributed by atoms with van der Waals surface area (Å²) >= 11 is 0. The van der Waals surface area contributed by atoms with Gasteiger partial charge in [-0.1, -0.05) is 6.07 Å². The smallest absolute Gasteiger partial charge is 0.255 e. The van der Waals surface area contributed by atoms with Crippen LogP contribution in [0.4, 0.5) is 5.82 Å². The van der Waals surface area contributed by atoms with Crippen LogP contribution in [-0.2, 0) is 13.0 Å². The molecule has 1 spiro atoms. The predicted octanol–water partition coefficient (Wildman–Crippen LogP) is 2.04. The van der Waals surface area contributed by atoms with Gasteiger partial charge in [0.15, 0.2) is 0 Å². The molecule has 0 aromatic carbocycles. The Morgan fingerprint density at radius 2 is 2.12 bits per heavy atom. The third-order valence-electron chi connectivity index (χ3n) is 7.55. The number of amides is 1. The van der Waals surface area contributed by atoms with Crippen molar-refractivity contribution >= 4 is 11.7 Å². The highest BCUT2D eigenvalue weighted by molar-refractivity contribution is 5.94. The summed E-state index contributed by atoms with van der Waals surface area (Å²) in [6.07, 6.45) is 6.93. The molecule has 172 valence electrons. The molecule has 2 fully saturated rings. The molecule has 6 rings (SSSR count). The van der Waals surface area contributed by atoms with E-state index in [1.54, 1.807) is 17.1 Å². The number of carbonyl (C=O) groups is 1. The number of aliphatic hydroxyl groups is 1. The van der Waals surface area contributed by atoms with Gasteiger partial charge in [0.2, 0.25) is 0 Å². The number of aromatic nitrogens is 5. The molecule has 1 saturated carbocycles. The molecule has 0 unspecified atom stereocenters. The van der Waals surface area contributed by atoms with Crippen molar-refractivity contribution in [3.8, 4) is 0 Å². The molecule has 9 nitrogen and oxygen atoms in total. The summed E-state index contributed by atoms with van der Waals surface area (Å²) in [6, 6.07) is 4.11. The summed E-state index contributed by atoms with van der Waals surface area (Å²) in [5.74, 6) is 0.867. The lowest BCUT2D eigenvalue weighted by Gasteiger charge is -2.58. The number of aromatic amines is 1. The fourth-order valence-corrected chi connectivity index (χ4v) is 5.67. The SMILES string of the molecule is Cc1nc(N2CC3(CC(O)C3)C2)ccc1Cn1cc(C(=O)N[C@@H]2CCc3c2n[nH]c3C)cn1. The molecule has 1 aliphatic heterocycles. The Morgan fingerprint density at radius 3 is 2.88 bits per heavy atom. The highest BCUT2D eigenvalue weighted by Gasteiger charge is 2.52. The van der Waals surface area contributed by atoms with Gasteiger partial charge in [0, 0.05) is 36.1 Å². The summed E-state index contributed by atoms with van der Waals surface area (Å²) in [5.41, 5.74) is 6.17. The predicted molar refractivity (Wildman–Crippen MR) is 122 cm³/mol. The fraction of sp³-hybridized carbons (Fsp3) is 0.500. The van der Waals surface area contributed by atoms with E-state index in [9.17, 15) is 9.90 Å². The third-order valence-corrected chi connectivity index (χ3v) is 7.55. The standard InChI is InChI=1S/C24H29N7O2/c1-14-16(3-6-21(26-14)30-12-24(13-30)7-18(32)8-24)10-31-11-17(9-25-31)23(33)27-20-5-4-19-15(2)28-29-22(19)20/h3,6,9,11,18,20,32H,4-5,7-8,10,12-13H2,1-2H3,(H,27,33)(H,28,29)/t20-/m1/s1. The first-order valence-corrected chi connectivity index (χ1v) is 11.7. The van der Waals surface area contributed by atoms with Crippen molar-refractivity contribution in [3.63, 3.8) is 0 Å². The molecule has 9 heteroatoms. The summed E-state index contributed by atoms with van der Waals surface area (Å²) in [5, 5.41) is 24.5. The summed E-state index contributed by atoms with van der Waals surface area (Å²) in [4.78, 5) is 19.9. The molecule has 0 radical (unpaired) electrons. The number of anilines is 1. The van der Waals surface area contributed by atoms with Crippen LogP contribution in [0, 0.1) is 19.3 Å². The van der Waals surface area contributed by atoms with Gasteiger partial charge in [-0.25, -0.2) is 4.98 Å². The van der Waals surface area contributed by atoms with E-state index in [-0.39, 0.29) is 18.1 Å². The highest BCUT2D eigenvalue weighted by Crippen LogP contribution is 2.49. The number of rotatable bonds is 5. The maximum absolute atomic E-state index is 12.8. The van der Waals surface area contributed by atoms with E-state index >= 15 is 0 Å². The van der Waals surface area contributed by atoms with Crippen LogP contribution in [0.3, 0.4) is 0 Å². The van der Waals surface area contributed by atoms with Crippen molar-refractivity contribution in [2.75, 3.05) is 18.0 Å². The van der Waals surface area contributed by atoms with Gasteiger partial charge in [0.25, 0.3) is 5.91 Å². The van der Waals surface area contributed by atoms with Gasteiger partial charge < -0.3 is 15.3 Å². The van der Waals surface area contributed by atoms with Gasteiger partial charge in [-0.05, 0) is 56.7 Å². The molecule has 2 aliphatic carbocycles. The number of nitrogens with zero attached hydrogens (tertiary/aromatic N) is 5. The van der Waals surface area contributed by atoms with E-state index in [1.165, 1.54) is 5.56 Å². The molecule has 1 atom stereocenters. The van der Waals surface area contributed by atoms with Gasteiger partial charge in [-0.2, -0.15) is 10.2 Å². The van der Waals surface area contributed by atoms with Crippen LogP contribution in [0.5, 0.6) is 0 Å². The van der Waals surface area contributed by atoms with E-state index in [0.717, 1.165) is 67.2 Å². The Kier molecular flexibility index (Phi) is 4.58.